The van der Waals surface area contributed by atoms with Crippen molar-refractivity contribution in [3.05, 3.63) is 0 Å². The van der Waals surface area contributed by atoms with Gasteiger partial charge in [0.25, 0.3) is 0 Å². The van der Waals surface area contributed by atoms with Gasteiger partial charge in [-0.1, -0.05) is 38.5 Å². The van der Waals surface area contributed by atoms with Crippen molar-refractivity contribution in [3.8, 4) is 0 Å². The Kier molecular flexibility index (Phi) is 4.16. The van der Waals surface area contributed by atoms with Gasteiger partial charge in [0.1, 0.15) is 0 Å². The zero-order valence-corrected chi connectivity index (χ0v) is 8.47. The molecule has 0 radical (unpaired) electrons. The number of hydrogen-bond acceptors (Lipinski definition) is 3. The maximum Gasteiger partial charge on any atom is 0.0792 e. The summed E-state index contributed by atoms with van der Waals surface area (Å²) >= 11 is 0. The molecule has 0 aromatic heterocycles. The summed E-state index contributed by atoms with van der Waals surface area (Å²) in [5.41, 5.74) is 17.3. The lowest BCUT2D eigenvalue weighted by atomic mass is 9.90. The van der Waals surface area contributed by atoms with Crippen molar-refractivity contribution in [2.45, 2.75) is 63.1 Å². The van der Waals surface area contributed by atoms with Gasteiger partial charge in [-0.3, -0.25) is 0 Å². The van der Waals surface area contributed by atoms with Crippen molar-refractivity contribution in [1.82, 2.24) is 0 Å². The minimum Gasteiger partial charge on any atom is -0.325 e. The second kappa shape index (κ2) is 4.94. The molecule has 78 valence electrons. The van der Waals surface area contributed by atoms with Crippen molar-refractivity contribution in [3.63, 3.8) is 0 Å². The SMILES string of the molecule is NC1CCCCCCCCC1(N)N. The van der Waals surface area contributed by atoms with E-state index in [2.05, 4.69) is 0 Å². The van der Waals surface area contributed by atoms with Crippen molar-refractivity contribution in [2.75, 3.05) is 0 Å². The summed E-state index contributed by atoms with van der Waals surface area (Å²) < 4.78 is 0. The number of nitrogens with two attached hydrogens (primary N) is 3. The molecule has 1 fully saturated rings. The Bertz CT molecular complexity index is 145. The second-order valence-corrected chi connectivity index (χ2v) is 4.38. The first-order valence-corrected chi connectivity index (χ1v) is 5.46. The van der Waals surface area contributed by atoms with Gasteiger partial charge in [0.05, 0.1) is 5.66 Å². The molecule has 3 heteroatoms. The van der Waals surface area contributed by atoms with E-state index < -0.39 is 5.66 Å². The third-order valence-corrected chi connectivity index (χ3v) is 3.07. The summed E-state index contributed by atoms with van der Waals surface area (Å²) in [6.45, 7) is 0. The van der Waals surface area contributed by atoms with Gasteiger partial charge in [0, 0.05) is 6.04 Å². The van der Waals surface area contributed by atoms with Gasteiger partial charge in [0.2, 0.25) is 0 Å². The van der Waals surface area contributed by atoms with Crippen LogP contribution in [0.5, 0.6) is 0 Å². The van der Waals surface area contributed by atoms with Crippen LogP contribution in [0.15, 0.2) is 0 Å². The lowest BCUT2D eigenvalue weighted by molar-refractivity contribution is 0.292. The van der Waals surface area contributed by atoms with Crippen LogP contribution < -0.4 is 17.2 Å². The quantitative estimate of drug-likeness (QED) is 0.494. The molecule has 3 nitrogen and oxygen atoms in total. The number of rotatable bonds is 0. The van der Waals surface area contributed by atoms with Crippen LogP contribution in [-0.4, -0.2) is 11.7 Å². The minimum atomic E-state index is -0.628. The molecule has 0 aromatic rings. The van der Waals surface area contributed by atoms with Gasteiger partial charge < -0.3 is 17.2 Å². The Morgan fingerprint density at radius 3 is 2.08 bits per heavy atom. The largest absolute Gasteiger partial charge is 0.325 e. The summed E-state index contributed by atoms with van der Waals surface area (Å²) in [5.74, 6) is 0. The van der Waals surface area contributed by atoms with Crippen LogP contribution in [0.3, 0.4) is 0 Å². The van der Waals surface area contributed by atoms with E-state index in [9.17, 15) is 0 Å². The Morgan fingerprint density at radius 2 is 1.38 bits per heavy atom. The van der Waals surface area contributed by atoms with E-state index >= 15 is 0 Å². The average Bonchev–Trinajstić information content (AvgIpc) is 2.08. The fourth-order valence-electron chi connectivity index (χ4n) is 1.96. The predicted octanol–water partition coefficient (Wildman–Crippen LogP) is 1.06. The summed E-state index contributed by atoms with van der Waals surface area (Å²) in [6, 6.07) is -0.0226. The molecule has 0 aliphatic heterocycles. The molecule has 1 atom stereocenters. The fourth-order valence-corrected chi connectivity index (χ4v) is 1.96. The molecule has 0 spiro atoms. The monoisotopic (exact) mass is 185 g/mol. The summed E-state index contributed by atoms with van der Waals surface area (Å²) in [7, 11) is 0. The van der Waals surface area contributed by atoms with E-state index in [0.29, 0.717) is 0 Å². The van der Waals surface area contributed by atoms with Gasteiger partial charge in [-0.25, -0.2) is 0 Å². The topological polar surface area (TPSA) is 78.1 Å². The Hall–Kier alpha value is -0.120. The molecule has 1 saturated carbocycles. The van der Waals surface area contributed by atoms with Gasteiger partial charge in [-0.05, 0) is 12.8 Å². The molecular formula is C10H23N3. The van der Waals surface area contributed by atoms with Crippen LogP contribution in [-0.2, 0) is 0 Å². The molecule has 1 rings (SSSR count). The third-order valence-electron chi connectivity index (χ3n) is 3.07. The van der Waals surface area contributed by atoms with Gasteiger partial charge in [-0.2, -0.15) is 0 Å². The van der Waals surface area contributed by atoms with Gasteiger partial charge >= 0.3 is 0 Å². The van der Waals surface area contributed by atoms with E-state index in [1.165, 1.54) is 32.1 Å². The van der Waals surface area contributed by atoms with E-state index in [1.54, 1.807) is 0 Å². The van der Waals surface area contributed by atoms with E-state index in [-0.39, 0.29) is 6.04 Å². The Balaban J connectivity index is 2.42. The Labute approximate surface area is 81.0 Å². The van der Waals surface area contributed by atoms with E-state index in [4.69, 9.17) is 17.2 Å². The second-order valence-electron chi connectivity index (χ2n) is 4.38. The first-order valence-electron chi connectivity index (χ1n) is 5.46. The first kappa shape index (κ1) is 11.0. The van der Waals surface area contributed by atoms with E-state index in [0.717, 1.165) is 19.3 Å². The van der Waals surface area contributed by atoms with Crippen LogP contribution in [0.1, 0.15) is 51.4 Å². The minimum absolute atomic E-state index is 0.0226. The molecule has 0 saturated heterocycles. The smallest absolute Gasteiger partial charge is 0.0792 e. The molecule has 0 heterocycles. The zero-order chi connectivity index (χ0) is 9.73. The van der Waals surface area contributed by atoms with Crippen LogP contribution >= 0.6 is 0 Å². The van der Waals surface area contributed by atoms with Crippen molar-refractivity contribution >= 4 is 0 Å². The van der Waals surface area contributed by atoms with E-state index in [1.807, 2.05) is 0 Å². The van der Waals surface area contributed by atoms with Gasteiger partial charge in [0.15, 0.2) is 0 Å². The lowest BCUT2D eigenvalue weighted by Crippen LogP contribution is -2.62. The van der Waals surface area contributed by atoms with Crippen molar-refractivity contribution in [2.24, 2.45) is 17.2 Å². The molecule has 6 N–H and O–H groups in total. The highest BCUT2D eigenvalue weighted by molar-refractivity contribution is 4.88. The maximum absolute atomic E-state index is 5.96. The van der Waals surface area contributed by atoms with Crippen LogP contribution in [0.25, 0.3) is 0 Å². The summed E-state index contributed by atoms with van der Waals surface area (Å²) in [5, 5.41) is 0. The molecule has 1 aliphatic carbocycles. The van der Waals surface area contributed by atoms with Gasteiger partial charge in [-0.15, -0.1) is 0 Å². The lowest BCUT2D eigenvalue weighted by Gasteiger charge is -2.32. The Morgan fingerprint density at radius 1 is 0.846 bits per heavy atom. The maximum atomic E-state index is 5.96. The highest BCUT2D eigenvalue weighted by atomic mass is 15.0. The highest BCUT2D eigenvalue weighted by Gasteiger charge is 2.26. The standard InChI is InChI=1S/C10H23N3/c11-9-7-5-3-1-2-4-6-8-10(9,12)13/h9H,1-8,11-13H2. The van der Waals surface area contributed by atoms with Crippen LogP contribution in [0.2, 0.25) is 0 Å². The van der Waals surface area contributed by atoms with Crippen molar-refractivity contribution < 1.29 is 0 Å². The molecule has 0 aromatic carbocycles. The fraction of sp³-hybridized carbons (Fsp3) is 1.00. The summed E-state index contributed by atoms with van der Waals surface area (Å²) in [4.78, 5) is 0. The van der Waals surface area contributed by atoms with Crippen molar-refractivity contribution in [1.29, 1.82) is 0 Å². The summed E-state index contributed by atoms with van der Waals surface area (Å²) in [6.07, 6.45) is 9.35. The molecular weight excluding hydrogens is 162 g/mol. The highest BCUT2D eigenvalue weighted by Crippen LogP contribution is 2.18. The van der Waals surface area contributed by atoms with Crippen LogP contribution in [0, 0.1) is 0 Å². The first-order chi connectivity index (χ1) is 6.13. The molecule has 0 amide bonds. The molecule has 0 bridgehead atoms. The molecule has 1 aliphatic rings. The average molecular weight is 185 g/mol. The molecule has 1 unspecified atom stereocenters. The normalized spacial score (nSPS) is 31.2. The number of hydrogen-bond donors (Lipinski definition) is 3. The third kappa shape index (κ3) is 3.63. The zero-order valence-electron chi connectivity index (χ0n) is 8.47. The predicted molar refractivity (Wildman–Crippen MR) is 56.0 cm³/mol. The molecule has 13 heavy (non-hydrogen) atoms. The van der Waals surface area contributed by atoms with Crippen LogP contribution in [0.4, 0.5) is 0 Å².